The fourth-order valence-electron chi connectivity index (χ4n) is 3.23. The van der Waals surface area contributed by atoms with E-state index in [-0.39, 0.29) is 23.8 Å². The summed E-state index contributed by atoms with van der Waals surface area (Å²) in [5.41, 5.74) is 0.908. The molecule has 2 atom stereocenters. The lowest BCUT2D eigenvalue weighted by molar-refractivity contribution is -0.148. The maximum absolute atomic E-state index is 12.7. The lowest BCUT2D eigenvalue weighted by Gasteiger charge is -2.32. The van der Waals surface area contributed by atoms with Crippen LogP contribution in [0.2, 0.25) is 5.02 Å². The van der Waals surface area contributed by atoms with Crippen LogP contribution in [0.4, 0.5) is 0 Å². The number of hydrogen-bond acceptors (Lipinski definition) is 3. The number of carbonyl (C=O) groups excluding carboxylic acids is 2. The van der Waals surface area contributed by atoms with Crippen molar-refractivity contribution in [2.24, 2.45) is 11.3 Å². The van der Waals surface area contributed by atoms with Gasteiger partial charge in [0, 0.05) is 11.6 Å². The third-order valence-electron chi connectivity index (χ3n) is 5.24. The highest BCUT2D eigenvalue weighted by molar-refractivity contribution is 6.31. The van der Waals surface area contributed by atoms with Crippen LogP contribution in [0.3, 0.4) is 0 Å². The highest BCUT2D eigenvalue weighted by Crippen LogP contribution is 2.51. The van der Waals surface area contributed by atoms with Gasteiger partial charge in [-0.2, -0.15) is 0 Å². The third-order valence-corrected chi connectivity index (χ3v) is 5.59. The Morgan fingerprint density at radius 1 is 1.42 bits per heavy atom. The van der Waals surface area contributed by atoms with Crippen LogP contribution in [0.15, 0.2) is 24.3 Å². The molecule has 1 aliphatic heterocycles. The smallest absolute Gasteiger partial charge is 0.251 e. The van der Waals surface area contributed by atoms with E-state index < -0.39 is 12.1 Å². The predicted octanol–water partition coefficient (Wildman–Crippen LogP) is 2.45. The van der Waals surface area contributed by atoms with Gasteiger partial charge in [-0.05, 0) is 35.8 Å². The Morgan fingerprint density at radius 2 is 2.12 bits per heavy atom. The van der Waals surface area contributed by atoms with Gasteiger partial charge in [0.15, 0.2) is 6.10 Å². The highest BCUT2D eigenvalue weighted by atomic mass is 35.5. The van der Waals surface area contributed by atoms with Crippen molar-refractivity contribution in [3.8, 4) is 0 Å². The molecular formula is C18H23ClN2O3. The van der Waals surface area contributed by atoms with E-state index in [2.05, 4.69) is 24.5 Å². The first-order chi connectivity index (χ1) is 11.4. The van der Waals surface area contributed by atoms with Crippen LogP contribution in [0.5, 0.6) is 0 Å². The van der Waals surface area contributed by atoms with Crippen molar-refractivity contribution < 1.29 is 14.3 Å². The molecule has 1 heterocycles. The molecular weight excluding hydrogens is 328 g/mol. The topological polar surface area (TPSA) is 67.4 Å². The number of morpholine rings is 1. The quantitative estimate of drug-likeness (QED) is 0.857. The van der Waals surface area contributed by atoms with Crippen molar-refractivity contribution >= 4 is 23.4 Å². The van der Waals surface area contributed by atoms with Gasteiger partial charge in [0.1, 0.15) is 6.61 Å². The molecule has 2 fully saturated rings. The van der Waals surface area contributed by atoms with E-state index in [0.717, 1.165) is 12.8 Å². The first-order valence-electron chi connectivity index (χ1n) is 8.36. The molecule has 2 N–H and O–H groups in total. The summed E-state index contributed by atoms with van der Waals surface area (Å²) in [5, 5.41) is 6.35. The first-order valence-corrected chi connectivity index (χ1v) is 8.74. The monoisotopic (exact) mass is 350 g/mol. The van der Waals surface area contributed by atoms with Crippen molar-refractivity contribution in [3.63, 3.8) is 0 Å². The second kappa shape index (κ2) is 6.73. The number of ether oxygens (including phenoxy) is 1. The molecule has 5 nitrogen and oxygen atoms in total. The molecule has 0 radical (unpaired) electrons. The number of halogens is 1. The largest absolute Gasteiger partial charge is 0.356 e. The van der Waals surface area contributed by atoms with Gasteiger partial charge in [-0.3, -0.25) is 9.59 Å². The summed E-state index contributed by atoms with van der Waals surface area (Å²) in [6.45, 7) is 4.90. The minimum atomic E-state index is -0.773. The Hall–Kier alpha value is -1.59. The van der Waals surface area contributed by atoms with Gasteiger partial charge in [-0.15, -0.1) is 0 Å². The molecule has 2 aliphatic rings. The second-order valence-corrected chi connectivity index (χ2v) is 7.44. The molecule has 1 aliphatic carbocycles. The molecule has 1 aromatic carbocycles. The van der Waals surface area contributed by atoms with Crippen LogP contribution < -0.4 is 10.6 Å². The standard InChI is InChI=1S/C18H23ClN2O3/c1-11(2)18(7-8-18)10-20-17(23)16-15(21-14(22)9-24-16)12-5-3-4-6-13(12)19/h3-6,11,15-16H,7-10H2,1-2H3,(H,20,23)(H,21,22)/t15-,16+/m1/s1. The Bertz CT molecular complexity index is 643. The molecule has 2 amide bonds. The number of rotatable bonds is 5. The maximum atomic E-state index is 12.7. The predicted molar refractivity (Wildman–Crippen MR) is 91.6 cm³/mol. The van der Waals surface area contributed by atoms with E-state index in [1.807, 2.05) is 12.1 Å². The van der Waals surface area contributed by atoms with E-state index in [4.69, 9.17) is 16.3 Å². The molecule has 1 saturated carbocycles. The molecule has 24 heavy (non-hydrogen) atoms. The summed E-state index contributed by atoms with van der Waals surface area (Å²) < 4.78 is 5.54. The van der Waals surface area contributed by atoms with Gasteiger partial charge in [0.05, 0.1) is 6.04 Å². The second-order valence-electron chi connectivity index (χ2n) is 7.03. The zero-order chi connectivity index (χ0) is 17.3. The summed E-state index contributed by atoms with van der Waals surface area (Å²) in [4.78, 5) is 24.4. The van der Waals surface area contributed by atoms with Gasteiger partial charge < -0.3 is 15.4 Å². The van der Waals surface area contributed by atoms with E-state index in [1.165, 1.54) is 0 Å². The number of carbonyl (C=O) groups is 2. The summed E-state index contributed by atoms with van der Waals surface area (Å²) in [7, 11) is 0. The van der Waals surface area contributed by atoms with Crippen LogP contribution in [0.25, 0.3) is 0 Å². The van der Waals surface area contributed by atoms with Crippen molar-refractivity contribution in [1.29, 1.82) is 0 Å². The van der Waals surface area contributed by atoms with E-state index in [0.29, 0.717) is 23.0 Å². The maximum Gasteiger partial charge on any atom is 0.251 e. The first kappa shape index (κ1) is 17.2. The van der Waals surface area contributed by atoms with E-state index >= 15 is 0 Å². The summed E-state index contributed by atoms with van der Waals surface area (Å²) in [6.07, 6.45) is 1.51. The number of nitrogens with one attached hydrogen (secondary N) is 2. The summed E-state index contributed by atoms with van der Waals surface area (Å²) >= 11 is 6.24. The molecule has 0 bridgehead atoms. The van der Waals surface area contributed by atoms with Gasteiger partial charge in [0.25, 0.3) is 5.91 Å². The minimum Gasteiger partial charge on any atom is -0.356 e. The zero-order valence-electron chi connectivity index (χ0n) is 14.0. The third kappa shape index (κ3) is 3.42. The van der Waals surface area contributed by atoms with Crippen molar-refractivity contribution in [2.75, 3.05) is 13.2 Å². The average Bonchev–Trinajstić information content (AvgIpc) is 3.34. The molecule has 3 rings (SSSR count). The molecule has 6 heteroatoms. The zero-order valence-corrected chi connectivity index (χ0v) is 14.7. The van der Waals surface area contributed by atoms with Crippen molar-refractivity contribution in [1.82, 2.24) is 10.6 Å². The molecule has 130 valence electrons. The minimum absolute atomic E-state index is 0.117. The van der Waals surface area contributed by atoms with Crippen LogP contribution in [-0.2, 0) is 14.3 Å². The van der Waals surface area contributed by atoms with Gasteiger partial charge in [-0.25, -0.2) is 0 Å². The lowest BCUT2D eigenvalue weighted by Crippen LogP contribution is -2.53. The van der Waals surface area contributed by atoms with Gasteiger partial charge in [0.2, 0.25) is 5.91 Å². The van der Waals surface area contributed by atoms with Crippen molar-refractivity contribution in [2.45, 2.75) is 38.8 Å². The van der Waals surface area contributed by atoms with Crippen molar-refractivity contribution in [3.05, 3.63) is 34.9 Å². The normalized spacial score (nSPS) is 25.2. The average molecular weight is 351 g/mol. The fourth-order valence-corrected chi connectivity index (χ4v) is 3.48. The van der Waals surface area contributed by atoms with E-state index in [1.54, 1.807) is 12.1 Å². The van der Waals surface area contributed by atoms with Gasteiger partial charge >= 0.3 is 0 Å². The highest BCUT2D eigenvalue weighted by Gasteiger charge is 2.46. The summed E-state index contributed by atoms with van der Waals surface area (Å²) in [5.74, 6) is 0.0841. The fraction of sp³-hybridized carbons (Fsp3) is 0.556. The number of amides is 2. The molecule has 1 saturated heterocycles. The molecule has 0 aromatic heterocycles. The molecule has 1 aromatic rings. The molecule has 0 spiro atoms. The Kier molecular flexibility index (Phi) is 4.83. The number of benzene rings is 1. The van der Waals surface area contributed by atoms with Gasteiger partial charge in [-0.1, -0.05) is 43.6 Å². The van der Waals surface area contributed by atoms with Crippen LogP contribution in [0.1, 0.15) is 38.3 Å². The Morgan fingerprint density at radius 3 is 2.75 bits per heavy atom. The van der Waals surface area contributed by atoms with E-state index in [9.17, 15) is 9.59 Å². The van der Waals surface area contributed by atoms with Crippen LogP contribution in [-0.4, -0.2) is 31.1 Å². The lowest BCUT2D eigenvalue weighted by atomic mass is 9.92. The summed E-state index contributed by atoms with van der Waals surface area (Å²) in [6, 6.07) is 6.61. The SMILES string of the molecule is CC(C)C1(CNC(=O)[C@H]2OCC(=O)N[C@@H]2c2ccccc2Cl)CC1. The Balaban J connectivity index is 1.73. The molecule has 0 unspecified atom stereocenters. The number of hydrogen-bond donors (Lipinski definition) is 2. The Labute approximate surface area is 147 Å². The van der Waals surface area contributed by atoms with Crippen LogP contribution >= 0.6 is 11.6 Å². The van der Waals surface area contributed by atoms with Crippen LogP contribution in [0, 0.1) is 11.3 Å².